The van der Waals surface area contributed by atoms with E-state index in [0.29, 0.717) is 11.8 Å². The number of nitrogens with zero attached hydrogens (tertiary/aromatic N) is 2. The minimum absolute atomic E-state index is 0.147. The van der Waals surface area contributed by atoms with Gasteiger partial charge in [-0.05, 0) is 43.9 Å². The lowest BCUT2D eigenvalue weighted by Crippen LogP contribution is -2.31. The summed E-state index contributed by atoms with van der Waals surface area (Å²) in [4.78, 5) is 29.0. The van der Waals surface area contributed by atoms with Gasteiger partial charge < -0.3 is 0 Å². The first-order chi connectivity index (χ1) is 9.35. The third-order valence-corrected chi connectivity index (χ3v) is 4.78. The van der Waals surface area contributed by atoms with Crippen molar-refractivity contribution < 1.29 is 9.59 Å². The van der Waals surface area contributed by atoms with Crippen molar-refractivity contribution in [2.75, 3.05) is 0 Å². The Kier molecular flexibility index (Phi) is 5.50. The fraction of sp³-hybridized carbons (Fsp3) is 0.867. The largest absolute Gasteiger partial charge is 0.235 e. The molecule has 0 amide bonds. The SMILES string of the molecule is O=C=NC1CCCCC1CC1CCCCC1N=C=O. The molecule has 4 atom stereocenters. The first-order valence-electron chi connectivity index (χ1n) is 7.49. The molecule has 19 heavy (non-hydrogen) atoms. The zero-order valence-electron chi connectivity index (χ0n) is 11.4. The third kappa shape index (κ3) is 3.86. The lowest BCUT2D eigenvalue weighted by atomic mass is 9.74. The highest BCUT2D eigenvalue weighted by Gasteiger charge is 2.32. The van der Waals surface area contributed by atoms with Gasteiger partial charge in [0.2, 0.25) is 12.2 Å². The van der Waals surface area contributed by atoms with Crippen molar-refractivity contribution in [2.24, 2.45) is 21.8 Å². The number of hydrogen-bond acceptors (Lipinski definition) is 4. The fourth-order valence-electron chi connectivity index (χ4n) is 3.79. The van der Waals surface area contributed by atoms with E-state index < -0.39 is 0 Å². The summed E-state index contributed by atoms with van der Waals surface area (Å²) in [6.45, 7) is 0. The Morgan fingerprint density at radius 1 is 0.737 bits per heavy atom. The van der Waals surface area contributed by atoms with Crippen LogP contribution in [0.1, 0.15) is 57.8 Å². The van der Waals surface area contributed by atoms with E-state index in [4.69, 9.17) is 0 Å². The van der Waals surface area contributed by atoms with Crippen molar-refractivity contribution in [3.63, 3.8) is 0 Å². The summed E-state index contributed by atoms with van der Waals surface area (Å²) in [6.07, 6.45) is 13.6. The van der Waals surface area contributed by atoms with Crippen LogP contribution in [0, 0.1) is 11.8 Å². The minimum atomic E-state index is 0.147. The molecule has 0 N–H and O–H groups in total. The second kappa shape index (κ2) is 7.37. The molecule has 4 heteroatoms. The van der Waals surface area contributed by atoms with Gasteiger partial charge in [-0.15, -0.1) is 0 Å². The van der Waals surface area contributed by atoms with Crippen LogP contribution in [0.15, 0.2) is 9.98 Å². The Morgan fingerprint density at radius 2 is 1.16 bits per heavy atom. The van der Waals surface area contributed by atoms with Crippen molar-refractivity contribution in [2.45, 2.75) is 69.9 Å². The summed E-state index contributed by atoms with van der Waals surface area (Å²) in [5, 5.41) is 0. The van der Waals surface area contributed by atoms with Crippen LogP contribution in [0.2, 0.25) is 0 Å². The zero-order valence-corrected chi connectivity index (χ0v) is 11.4. The molecule has 0 heterocycles. The van der Waals surface area contributed by atoms with Gasteiger partial charge in [0.15, 0.2) is 0 Å². The molecule has 0 saturated heterocycles. The second-order valence-electron chi connectivity index (χ2n) is 5.90. The van der Waals surface area contributed by atoms with Gasteiger partial charge in [-0.1, -0.05) is 25.7 Å². The molecule has 2 rings (SSSR count). The normalized spacial score (nSPS) is 34.9. The molecule has 2 saturated carbocycles. The van der Waals surface area contributed by atoms with Crippen molar-refractivity contribution in [1.29, 1.82) is 0 Å². The van der Waals surface area contributed by atoms with Crippen LogP contribution < -0.4 is 0 Å². The molecular formula is C15H22N2O2. The highest BCUT2D eigenvalue weighted by Crippen LogP contribution is 2.37. The Balaban J connectivity index is 2.00. The third-order valence-electron chi connectivity index (χ3n) is 4.78. The van der Waals surface area contributed by atoms with Gasteiger partial charge in [0.1, 0.15) is 0 Å². The number of isocyanates is 2. The number of rotatable bonds is 4. The van der Waals surface area contributed by atoms with Crippen LogP contribution in [0.4, 0.5) is 0 Å². The molecule has 0 aromatic carbocycles. The maximum Gasteiger partial charge on any atom is 0.235 e. The molecule has 0 aliphatic heterocycles. The number of hydrogen-bond donors (Lipinski definition) is 0. The lowest BCUT2D eigenvalue weighted by Gasteiger charge is -2.34. The van der Waals surface area contributed by atoms with E-state index in [1.54, 1.807) is 12.2 Å². The van der Waals surface area contributed by atoms with Crippen molar-refractivity contribution >= 4 is 12.2 Å². The van der Waals surface area contributed by atoms with Crippen molar-refractivity contribution in [1.82, 2.24) is 0 Å². The van der Waals surface area contributed by atoms with E-state index in [9.17, 15) is 9.59 Å². The quantitative estimate of drug-likeness (QED) is 0.577. The summed E-state index contributed by atoms with van der Waals surface area (Å²) in [7, 11) is 0. The predicted molar refractivity (Wildman–Crippen MR) is 72.4 cm³/mol. The van der Waals surface area contributed by atoms with Crippen molar-refractivity contribution in [3.05, 3.63) is 0 Å². The van der Waals surface area contributed by atoms with Crippen LogP contribution in [0.5, 0.6) is 0 Å². The van der Waals surface area contributed by atoms with E-state index in [-0.39, 0.29) is 12.1 Å². The summed E-state index contributed by atoms with van der Waals surface area (Å²) >= 11 is 0. The van der Waals surface area contributed by atoms with Crippen LogP contribution in [-0.4, -0.2) is 24.2 Å². The van der Waals surface area contributed by atoms with Crippen LogP contribution in [0.3, 0.4) is 0 Å². The first kappa shape index (κ1) is 14.2. The van der Waals surface area contributed by atoms with Gasteiger partial charge in [0, 0.05) is 0 Å². The Morgan fingerprint density at radius 3 is 1.58 bits per heavy atom. The predicted octanol–water partition coefficient (Wildman–Crippen LogP) is 3.17. The summed E-state index contributed by atoms with van der Waals surface area (Å²) in [5.41, 5.74) is 0. The molecule has 0 aromatic rings. The fourth-order valence-corrected chi connectivity index (χ4v) is 3.79. The summed E-state index contributed by atoms with van der Waals surface area (Å²) in [5.74, 6) is 0.949. The van der Waals surface area contributed by atoms with E-state index in [0.717, 1.165) is 44.9 Å². The molecule has 2 fully saturated rings. The Labute approximate surface area is 114 Å². The van der Waals surface area contributed by atoms with E-state index >= 15 is 0 Å². The van der Waals surface area contributed by atoms with Gasteiger partial charge in [0.25, 0.3) is 0 Å². The number of aliphatic imine (C=N–C) groups is 2. The monoisotopic (exact) mass is 262 g/mol. The van der Waals surface area contributed by atoms with E-state index in [2.05, 4.69) is 9.98 Å². The summed E-state index contributed by atoms with van der Waals surface area (Å²) < 4.78 is 0. The standard InChI is InChI=1S/C15H22N2O2/c18-10-16-14-7-3-1-5-12(14)9-13-6-2-4-8-15(13)17-11-19/h12-15H,1-9H2. The second-order valence-corrected chi connectivity index (χ2v) is 5.90. The molecule has 2 aliphatic carbocycles. The van der Waals surface area contributed by atoms with Gasteiger partial charge in [-0.3, -0.25) is 0 Å². The van der Waals surface area contributed by atoms with Crippen molar-refractivity contribution in [3.8, 4) is 0 Å². The smallest absolute Gasteiger partial charge is 0.211 e. The highest BCUT2D eigenvalue weighted by molar-refractivity contribution is 5.34. The molecule has 104 valence electrons. The zero-order chi connectivity index (χ0) is 13.5. The van der Waals surface area contributed by atoms with Gasteiger partial charge in [-0.25, -0.2) is 19.6 Å². The Hall–Kier alpha value is -1.24. The molecular weight excluding hydrogens is 240 g/mol. The average Bonchev–Trinajstić information content (AvgIpc) is 2.44. The van der Waals surface area contributed by atoms with Crippen LogP contribution >= 0.6 is 0 Å². The summed E-state index contributed by atoms with van der Waals surface area (Å²) in [6, 6.07) is 0.295. The molecule has 4 unspecified atom stereocenters. The van der Waals surface area contributed by atoms with Crippen LogP contribution in [-0.2, 0) is 9.59 Å². The molecule has 0 radical (unpaired) electrons. The average molecular weight is 262 g/mol. The van der Waals surface area contributed by atoms with Gasteiger partial charge >= 0.3 is 0 Å². The van der Waals surface area contributed by atoms with E-state index in [1.165, 1.54) is 12.8 Å². The van der Waals surface area contributed by atoms with Gasteiger partial charge in [-0.2, -0.15) is 0 Å². The maximum absolute atomic E-state index is 10.5. The molecule has 0 bridgehead atoms. The molecule has 4 nitrogen and oxygen atoms in total. The lowest BCUT2D eigenvalue weighted by molar-refractivity contribution is 0.203. The molecule has 0 aromatic heterocycles. The minimum Gasteiger partial charge on any atom is -0.211 e. The topological polar surface area (TPSA) is 58.9 Å². The van der Waals surface area contributed by atoms with Crippen LogP contribution in [0.25, 0.3) is 0 Å². The molecule has 0 spiro atoms. The molecule has 2 aliphatic rings. The Bertz CT molecular complexity index is 348. The maximum atomic E-state index is 10.5. The highest BCUT2D eigenvalue weighted by atomic mass is 16.1. The van der Waals surface area contributed by atoms with Gasteiger partial charge in [0.05, 0.1) is 12.1 Å². The van der Waals surface area contributed by atoms with E-state index in [1.807, 2.05) is 0 Å². The number of carbonyl (C=O) groups excluding carboxylic acids is 2. The first-order valence-corrected chi connectivity index (χ1v) is 7.49.